The molecule has 0 aliphatic carbocycles. The van der Waals surface area contributed by atoms with Gasteiger partial charge in [-0.25, -0.2) is 0 Å². The minimum atomic E-state index is -0.111. The molecule has 0 spiro atoms. The molecule has 0 unspecified atom stereocenters. The predicted octanol–water partition coefficient (Wildman–Crippen LogP) is 1.33. The van der Waals surface area contributed by atoms with Gasteiger partial charge in [0, 0.05) is 37.7 Å². The third-order valence-electron chi connectivity index (χ3n) is 3.31. The standard InChI is InChI=1S/C13H18BrN3O2/c14-3-7-16-5-1-6-17(9-8-16)13(19)11-2-4-15-10-12(11)18/h2,4,10,18H,1,3,5-9H2. The van der Waals surface area contributed by atoms with Gasteiger partial charge in [0.05, 0.1) is 11.8 Å². The lowest BCUT2D eigenvalue weighted by Gasteiger charge is -2.21. The zero-order valence-corrected chi connectivity index (χ0v) is 12.3. The molecule has 19 heavy (non-hydrogen) atoms. The van der Waals surface area contributed by atoms with Gasteiger partial charge < -0.3 is 14.9 Å². The first-order valence-electron chi connectivity index (χ1n) is 6.43. The molecular weight excluding hydrogens is 310 g/mol. The van der Waals surface area contributed by atoms with Crippen LogP contribution in [0.4, 0.5) is 0 Å². The van der Waals surface area contributed by atoms with Crippen LogP contribution in [0.5, 0.6) is 5.75 Å². The largest absolute Gasteiger partial charge is 0.505 e. The summed E-state index contributed by atoms with van der Waals surface area (Å²) in [6.45, 7) is 4.33. The zero-order valence-electron chi connectivity index (χ0n) is 10.8. The Morgan fingerprint density at radius 2 is 2.21 bits per heavy atom. The molecule has 0 atom stereocenters. The molecule has 5 nitrogen and oxygen atoms in total. The number of halogens is 1. The number of alkyl halides is 1. The van der Waals surface area contributed by atoms with Crippen molar-refractivity contribution < 1.29 is 9.90 Å². The number of aromatic nitrogens is 1. The van der Waals surface area contributed by atoms with Crippen LogP contribution in [0.3, 0.4) is 0 Å². The lowest BCUT2D eigenvalue weighted by molar-refractivity contribution is 0.0758. The van der Waals surface area contributed by atoms with Gasteiger partial charge in [-0.05, 0) is 19.0 Å². The van der Waals surface area contributed by atoms with E-state index in [1.807, 2.05) is 4.90 Å². The summed E-state index contributed by atoms with van der Waals surface area (Å²) >= 11 is 3.44. The quantitative estimate of drug-likeness (QED) is 0.851. The topological polar surface area (TPSA) is 56.7 Å². The maximum atomic E-state index is 12.3. The van der Waals surface area contributed by atoms with Crippen LogP contribution in [0.2, 0.25) is 0 Å². The van der Waals surface area contributed by atoms with E-state index in [0.717, 1.165) is 37.9 Å². The van der Waals surface area contributed by atoms with E-state index in [1.54, 1.807) is 6.07 Å². The van der Waals surface area contributed by atoms with Gasteiger partial charge in [0.25, 0.3) is 5.91 Å². The van der Waals surface area contributed by atoms with E-state index in [0.29, 0.717) is 12.1 Å². The Balaban J connectivity index is 2.02. The van der Waals surface area contributed by atoms with Gasteiger partial charge in [0.15, 0.2) is 0 Å². The summed E-state index contributed by atoms with van der Waals surface area (Å²) in [5.41, 5.74) is 0.337. The number of pyridine rings is 1. The van der Waals surface area contributed by atoms with Gasteiger partial charge >= 0.3 is 0 Å². The van der Waals surface area contributed by atoms with Crippen LogP contribution >= 0.6 is 15.9 Å². The molecule has 0 aromatic carbocycles. The Bertz CT molecular complexity index is 442. The smallest absolute Gasteiger partial charge is 0.257 e. The first kappa shape index (κ1) is 14.3. The van der Waals surface area contributed by atoms with Crippen LogP contribution in [0.25, 0.3) is 0 Å². The third kappa shape index (κ3) is 3.67. The SMILES string of the molecule is O=C(c1ccncc1O)N1CCCN(CCBr)CC1. The molecule has 104 valence electrons. The normalized spacial score (nSPS) is 17.2. The Morgan fingerprint density at radius 1 is 1.37 bits per heavy atom. The molecule has 0 saturated carbocycles. The van der Waals surface area contributed by atoms with Gasteiger partial charge in [0.1, 0.15) is 5.75 Å². The fourth-order valence-electron chi connectivity index (χ4n) is 2.25. The number of rotatable bonds is 3. The molecule has 1 aromatic heterocycles. The van der Waals surface area contributed by atoms with Gasteiger partial charge in [0.2, 0.25) is 0 Å². The Kier molecular flexibility index (Phi) is 5.15. The van der Waals surface area contributed by atoms with Gasteiger partial charge in [-0.1, -0.05) is 15.9 Å². The molecule has 1 amide bonds. The minimum absolute atomic E-state index is 0.0472. The van der Waals surface area contributed by atoms with Crippen molar-refractivity contribution in [1.82, 2.24) is 14.8 Å². The summed E-state index contributed by atoms with van der Waals surface area (Å²) in [5.74, 6) is -0.158. The number of hydrogen-bond acceptors (Lipinski definition) is 4. The molecule has 1 aromatic rings. The highest BCUT2D eigenvalue weighted by molar-refractivity contribution is 9.09. The zero-order chi connectivity index (χ0) is 13.7. The van der Waals surface area contributed by atoms with Crippen LogP contribution in [0.15, 0.2) is 18.5 Å². The first-order chi connectivity index (χ1) is 9.22. The van der Waals surface area contributed by atoms with Crippen molar-refractivity contribution in [3.63, 3.8) is 0 Å². The number of hydrogen-bond donors (Lipinski definition) is 1. The average Bonchev–Trinajstić information content (AvgIpc) is 2.65. The lowest BCUT2D eigenvalue weighted by atomic mass is 10.2. The molecule has 6 heteroatoms. The molecule has 1 aliphatic heterocycles. The second kappa shape index (κ2) is 6.86. The summed E-state index contributed by atoms with van der Waals surface area (Å²) in [4.78, 5) is 20.3. The van der Waals surface area contributed by atoms with Crippen molar-refractivity contribution in [3.8, 4) is 5.75 Å². The third-order valence-corrected chi connectivity index (χ3v) is 3.66. The fraction of sp³-hybridized carbons (Fsp3) is 0.538. The highest BCUT2D eigenvalue weighted by Gasteiger charge is 2.21. The van der Waals surface area contributed by atoms with Gasteiger partial charge in [-0.3, -0.25) is 9.78 Å². The van der Waals surface area contributed by atoms with Crippen molar-refractivity contribution in [2.75, 3.05) is 38.1 Å². The Morgan fingerprint density at radius 3 is 2.95 bits per heavy atom. The monoisotopic (exact) mass is 327 g/mol. The van der Waals surface area contributed by atoms with E-state index < -0.39 is 0 Å². The average molecular weight is 328 g/mol. The van der Waals surface area contributed by atoms with Gasteiger partial charge in [-0.2, -0.15) is 0 Å². The van der Waals surface area contributed by atoms with Crippen molar-refractivity contribution in [2.45, 2.75) is 6.42 Å². The van der Waals surface area contributed by atoms with E-state index in [1.165, 1.54) is 12.4 Å². The fourth-order valence-corrected chi connectivity index (χ4v) is 2.76. The minimum Gasteiger partial charge on any atom is -0.505 e. The van der Waals surface area contributed by atoms with Crippen molar-refractivity contribution in [3.05, 3.63) is 24.0 Å². The van der Waals surface area contributed by atoms with E-state index in [4.69, 9.17) is 0 Å². The van der Waals surface area contributed by atoms with Crippen molar-refractivity contribution >= 4 is 21.8 Å². The van der Waals surface area contributed by atoms with E-state index in [9.17, 15) is 9.90 Å². The number of nitrogens with zero attached hydrogens (tertiary/aromatic N) is 3. The van der Waals surface area contributed by atoms with Gasteiger partial charge in [-0.15, -0.1) is 0 Å². The van der Waals surface area contributed by atoms with Crippen LogP contribution in [0, 0.1) is 0 Å². The molecule has 1 N–H and O–H groups in total. The molecule has 1 saturated heterocycles. The maximum Gasteiger partial charge on any atom is 0.257 e. The summed E-state index contributed by atoms with van der Waals surface area (Å²) < 4.78 is 0. The number of aromatic hydroxyl groups is 1. The molecule has 1 fully saturated rings. The lowest BCUT2D eigenvalue weighted by Crippen LogP contribution is -2.35. The van der Waals surface area contributed by atoms with Crippen LogP contribution in [-0.4, -0.2) is 63.9 Å². The Hall–Kier alpha value is -1.14. The maximum absolute atomic E-state index is 12.3. The summed E-state index contributed by atoms with van der Waals surface area (Å²) in [6, 6.07) is 1.57. The summed E-state index contributed by atoms with van der Waals surface area (Å²) in [6.07, 6.45) is 3.80. The van der Waals surface area contributed by atoms with E-state index in [-0.39, 0.29) is 11.7 Å². The molecular formula is C13H18BrN3O2. The van der Waals surface area contributed by atoms with Crippen LogP contribution < -0.4 is 0 Å². The summed E-state index contributed by atoms with van der Waals surface area (Å²) in [5, 5.41) is 10.6. The van der Waals surface area contributed by atoms with Crippen molar-refractivity contribution in [2.24, 2.45) is 0 Å². The molecule has 0 bridgehead atoms. The number of carbonyl (C=O) groups is 1. The highest BCUT2D eigenvalue weighted by atomic mass is 79.9. The highest BCUT2D eigenvalue weighted by Crippen LogP contribution is 2.17. The second-order valence-electron chi connectivity index (χ2n) is 4.57. The molecule has 1 aliphatic rings. The molecule has 2 heterocycles. The second-order valence-corrected chi connectivity index (χ2v) is 5.36. The predicted molar refractivity (Wildman–Crippen MR) is 76.7 cm³/mol. The first-order valence-corrected chi connectivity index (χ1v) is 7.55. The van der Waals surface area contributed by atoms with Crippen LogP contribution in [-0.2, 0) is 0 Å². The molecule has 2 rings (SSSR count). The number of carbonyl (C=O) groups excluding carboxylic acids is 1. The molecule has 0 radical (unpaired) electrons. The van der Waals surface area contributed by atoms with E-state index >= 15 is 0 Å². The summed E-state index contributed by atoms with van der Waals surface area (Å²) in [7, 11) is 0. The van der Waals surface area contributed by atoms with E-state index in [2.05, 4.69) is 25.8 Å². The Labute approximate surface area is 121 Å². The number of amides is 1. The van der Waals surface area contributed by atoms with Crippen molar-refractivity contribution in [1.29, 1.82) is 0 Å². The van der Waals surface area contributed by atoms with Crippen LogP contribution in [0.1, 0.15) is 16.8 Å².